The summed E-state index contributed by atoms with van der Waals surface area (Å²) in [5.74, 6) is 0. The van der Waals surface area contributed by atoms with Crippen LogP contribution in [-0.2, 0) is 9.84 Å². The highest BCUT2D eigenvalue weighted by atomic mass is 32.2. The molecule has 0 unspecified atom stereocenters. The van der Waals surface area contributed by atoms with Crippen molar-refractivity contribution in [1.82, 2.24) is 0 Å². The molecule has 0 aliphatic heterocycles. The molecule has 1 aromatic carbocycles. The first kappa shape index (κ1) is 11.2. The molecule has 0 amide bonds. The summed E-state index contributed by atoms with van der Waals surface area (Å²) >= 11 is 0. The van der Waals surface area contributed by atoms with Gasteiger partial charge in [-0.2, -0.15) is 0 Å². The van der Waals surface area contributed by atoms with Crippen LogP contribution in [0.5, 0.6) is 0 Å². The Bertz CT molecular complexity index is 521. The molecule has 0 aromatic heterocycles. The number of hydrogen-bond donors (Lipinski definition) is 0. The standard InChI is InChI=1S/C10H8N2O2S/c1-10(11-2,12-3)15(13,14)9-7-5-4-6-8-9/h4-8H,1H3. The summed E-state index contributed by atoms with van der Waals surface area (Å²) in [6, 6.07) is 7.54. The lowest BCUT2D eigenvalue weighted by Crippen LogP contribution is -2.27. The molecule has 0 fully saturated rings. The molecule has 1 aromatic rings. The first-order valence-electron chi connectivity index (χ1n) is 4.05. The van der Waals surface area contributed by atoms with Crippen LogP contribution in [0.2, 0.25) is 0 Å². The fourth-order valence-corrected chi connectivity index (χ4v) is 2.17. The fourth-order valence-electron chi connectivity index (χ4n) is 0.968. The smallest absolute Gasteiger partial charge is 0.223 e. The first-order chi connectivity index (χ1) is 6.98. The predicted octanol–water partition coefficient (Wildman–Crippen LogP) is 1.97. The highest BCUT2D eigenvalue weighted by Gasteiger charge is 2.54. The molecule has 76 valence electrons. The molecule has 5 heteroatoms. The highest BCUT2D eigenvalue weighted by Crippen LogP contribution is 2.28. The van der Waals surface area contributed by atoms with Crippen LogP contribution in [0.4, 0.5) is 0 Å². The van der Waals surface area contributed by atoms with Crippen LogP contribution in [0.15, 0.2) is 35.2 Å². The molecule has 1 rings (SSSR count). The van der Waals surface area contributed by atoms with Crippen molar-refractivity contribution >= 4 is 9.84 Å². The zero-order valence-corrected chi connectivity index (χ0v) is 8.82. The van der Waals surface area contributed by atoms with E-state index in [9.17, 15) is 8.42 Å². The van der Waals surface area contributed by atoms with Gasteiger partial charge in [0.25, 0.3) is 0 Å². The van der Waals surface area contributed by atoms with Crippen molar-refractivity contribution in [3.8, 4) is 0 Å². The molecular formula is C10H8N2O2S. The maximum atomic E-state index is 11.9. The van der Waals surface area contributed by atoms with E-state index in [0.29, 0.717) is 0 Å². The first-order valence-corrected chi connectivity index (χ1v) is 5.53. The number of rotatable bonds is 2. The van der Waals surface area contributed by atoms with E-state index in [4.69, 9.17) is 13.1 Å². The highest BCUT2D eigenvalue weighted by molar-refractivity contribution is 7.93. The van der Waals surface area contributed by atoms with Crippen LogP contribution in [0.25, 0.3) is 9.69 Å². The van der Waals surface area contributed by atoms with Gasteiger partial charge in [0.05, 0.1) is 4.90 Å². The van der Waals surface area contributed by atoms with Crippen LogP contribution >= 0.6 is 0 Å². The Morgan fingerprint density at radius 2 is 1.60 bits per heavy atom. The van der Waals surface area contributed by atoms with Crippen molar-refractivity contribution in [2.24, 2.45) is 0 Å². The summed E-state index contributed by atoms with van der Waals surface area (Å²) < 4.78 is 23.8. The fraction of sp³-hybridized carbons (Fsp3) is 0.200. The van der Waals surface area contributed by atoms with Crippen molar-refractivity contribution in [3.05, 3.63) is 53.2 Å². The monoisotopic (exact) mass is 220 g/mol. The van der Waals surface area contributed by atoms with Crippen molar-refractivity contribution in [3.63, 3.8) is 0 Å². The molecule has 0 atom stereocenters. The van der Waals surface area contributed by atoms with Gasteiger partial charge in [0, 0.05) is 0 Å². The van der Waals surface area contributed by atoms with Gasteiger partial charge in [0.2, 0.25) is 0 Å². The zero-order chi connectivity index (χ0) is 11.5. The number of nitrogens with zero attached hydrogens (tertiary/aromatic N) is 2. The Balaban J connectivity index is 3.42. The lowest BCUT2D eigenvalue weighted by Gasteiger charge is -2.05. The third kappa shape index (κ3) is 1.70. The third-order valence-electron chi connectivity index (χ3n) is 1.98. The minimum Gasteiger partial charge on any atom is -0.223 e. The van der Waals surface area contributed by atoms with Crippen molar-refractivity contribution in [1.29, 1.82) is 0 Å². The van der Waals surface area contributed by atoms with Crippen LogP contribution < -0.4 is 0 Å². The molecule has 0 bridgehead atoms. The Kier molecular flexibility index (Phi) is 2.78. The summed E-state index contributed by atoms with van der Waals surface area (Å²) in [6.45, 7) is 14.7. The second-order valence-corrected chi connectivity index (χ2v) is 5.23. The summed E-state index contributed by atoms with van der Waals surface area (Å²) in [7, 11) is -3.91. The lowest BCUT2D eigenvalue weighted by atomic mass is 10.4. The van der Waals surface area contributed by atoms with Crippen LogP contribution in [0.3, 0.4) is 0 Å². The van der Waals surface area contributed by atoms with Crippen LogP contribution in [-0.4, -0.2) is 13.4 Å². The Morgan fingerprint density at radius 3 is 2.00 bits per heavy atom. The van der Waals surface area contributed by atoms with Gasteiger partial charge < -0.3 is 0 Å². The van der Waals surface area contributed by atoms with Gasteiger partial charge in [-0.1, -0.05) is 18.2 Å². The molecule has 0 radical (unpaired) electrons. The molecule has 0 N–H and O–H groups in total. The van der Waals surface area contributed by atoms with E-state index in [-0.39, 0.29) is 4.90 Å². The Labute approximate surface area is 88.7 Å². The van der Waals surface area contributed by atoms with E-state index >= 15 is 0 Å². The van der Waals surface area contributed by atoms with Crippen molar-refractivity contribution in [2.75, 3.05) is 0 Å². The van der Waals surface area contributed by atoms with Crippen LogP contribution in [0.1, 0.15) is 6.92 Å². The third-order valence-corrected chi connectivity index (χ3v) is 4.07. The summed E-state index contributed by atoms with van der Waals surface area (Å²) in [4.78, 5) is 3.73. The lowest BCUT2D eigenvalue weighted by molar-refractivity contribution is 0.579. The van der Waals surface area contributed by atoms with E-state index in [2.05, 4.69) is 9.69 Å². The van der Waals surface area contributed by atoms with Gasteiger partial charge in [-0.05, 0) is 12.1 Å². The quantitative estimate of drug-likeness (QED) is 0.715. The predicted molar refractivity (Wildman–Crippen MR) is 55.2 cm³/mol. The van der Waals surface area contributed by atoms with E-state index in [1.807, 2.05) is 0 Å². The number of hydrogen-bond acceptors (Lipinski definition) is 2. The molecule has 0 saturated heterocycles. The van der Waals surface area contributed by atoms with E-state index in [1.165, 1.54) is 12.1 Å². The minimum atomic E-state index is -3.91. The van der Waals surface area contributed by atoms with Crippen molar-refractivity contribution in [2.45, 2.75) is 16.8 Å². The molecule has 4 nitrogen and oxygen atoms in total. The molecular weight excluding hydrogens is 212 g/mol. The van der Waals surface area contributed by atoms with Crippen LogP contribution in [0, 0.1) is 13.1 Å². The largest absolute Gasteiger partial charge is 0.587 e. The Hall–Kier alpha value is -1.85. The number of sulfone groups is 1. The van der Waals surface area contributed by atoms with Crippen molar-refractivity contribution < 1.29 is 8.42 Å². The summed E-state index contributed by atoms with van der Waals surface area (Å²) in [6.07, 6.45) is 0. The SMILES string of the molecule is [C-]#[N+]C(C)([N+]#[C-])S(=O)(=O)c1ccccc1. The molecule has 0 saturated carbocycles. The van der Waals surface area contributed by atoms with E-state index < -0.39 is 14.8 Å². The minimum absolute atomic E-state index is 0.000463. The average Bonchev–Trinajstić information content (AvgIpc) is 2.29. The van der Waals surface area contributed by atoms with Gasteiger partial charge in [-0.15, -0.1) is 0 Å². The normalized spacial score (nSPS) is 11.4. The summed E-state index contributed by atoms with van der Waals surface area (Å²) in [5.41, 5.74) is 0. The van der Waals surface area contributed by atoms with Gasteiger partial charge >= 0.3 is 14.8 Å². The number of benzene rings is 1. The average molecular weight is 220 g/mol. The van der Waals surface area contributed by atoms with Gasteiger partial charge in [-0.3, -0.25) is 0 Å². The van der Waals surface area contributed by atoms with E-state index in [1.54, 1.807) is 18.2 Å². The van der Waals surface area contributed by atoms with Gasteiger partial charge in [0.15, 0.2) is 0 Å². The second-order valence-electron chi connectivity index (χ2n) is 2.97. The topological polar surface area (TPSA) is 42.9 Å². The maximum Gasteiger partial charge on any atom is 0.587 e. The molecule has 0 spiro atoms. The molecule has 0 aliphatic rings. The maximum absolute atomic E-state index is 11.9. The van der Waals surface area contributed by atoms with Gasteiger partial charge in [-0.25, -0.2) is 31.3 Å². The molecule has 0 aliphatic carbocycles. The summed E-state index contributed by atoms with van der Waals surface area (Å²) in [5, 5.41) is 0. The Morgan fingerprint density at radius 1 is 1.13 bits per heavy atom. The molecule has 15 heavy (non-hydrogen) atoms. The van der Waals surface area contributed by atoms with E-state index in [0.717, 1.165) is 6.92 Å². The molecule has 0 heterocycles. The zero-order valence-electron chi connectivity index (χ0n) is 8.01. The second kappa shape index (κ2) is 3.72. The van der Waals surface area contributed by atoms with Gasteiger partial charge in [0.1, 0.15) is 6.92 Å².